The maximum Gasteiger partial charge on any atom is 0.228 e. The molecule has 1 heterocycles. The second kappa shape index (κ2) is 3.68. The Bertz CT molecular complexity index is 420. The van der Waals surface area contributed by atoms with Crippen LogP contribution in [0.25, 0.3) is 0 Å². The molecule has 15 heavy (non-hydrogen) atoms. The summed E-state index contributed by atoms with van der Waals surface area (Å²) in [6.45, 7) is 0.624. The first-order chi connectivity index (χ1) is 7.22. The lowest BCUT2D eigenvalue weighted by Crippen LogP contribution is -2.43. The minimum absolute atomic E-state index is 0.00880. The lowest BCUT2D eigenvalue weighted by molar-refractivity contribution is -0.122. The molecule has 0 saturated carbocycles. The van der Waals surface area contributed by atoms with Crippen LogP contribution < -0.4 is 10.2 Å². The molecule has 1 aliphatic heterocycles. The van der Waals surface area contributed by atoms with Gasteiger partial charge < -0.3 is 10.2 Å². The van der Waals surface area contributed by atoms with Crippen LogP contribution in [-0.4, -0.2) is 18.9 Å². The highest BCUT2D eigenvalue weighted by molar-refractivity contribution is 5.99. The number of hydrogen-bond donors (Lipinski definition) is 1. The predicted molar refractivity (Wildman–Crippen MR) is 53.1 cm³/mol. The van der Waals surface area contributed by atoms with Gasteiger partial charge in [0.25, 0.3) is 0 Å². The van der Waals surface area contributed by atoms with Crippen LogP contribution in [0.2, 0.25) is 0 Å². The standard InChI is InChI=1S/C10H9FN2O2/c11-8-5-7(13-4-3-10(13)15)1-2-9(8)12-6-14/h1-2,5-6H,3-4H2,(H,12,14). The summed E-state index contributed by atoms with van der Waals surface area (Å²) in [5, 5.41) is 2.23. The van der Waals surface area contributed by atoms with Crippen LogP contribution in [0.15, 0.2) is 18.2 Å². The summed E-state index contributed by atoms with van der Waals surface area (Å²) < 4.78 is 13.3. The molecule has 0 unspecified atom stereocenters. The molecule has 5 heteroatoms. The number of rotatable bonds is 3. The maximum absolute atomic E-state index is 13.3. The van der Waals surface area contributed by atoms with Gasteiger partial charge >= 0.3 is 0 Å². The SMILES string of the molecule is O=CNc1ccc(N2CCC2=O)cc1F. The quantitative estimate of drug-likeness (QED) is 0.598. The Kier molecular flexibility index (Phi) is 2.37. The number of anilines is 2. The molecule has 1 aromatic carbocycles. The van der Waals surface area contributed by atoms with Crippen molar-refractivity contribution in [2.24, 2.45) is 0 Å². The third-order valence-corrected chi connectivity index (χ3v) is 2.33. The van der Waals surface area contributed by atoms with E-state index in [2.05, 4.69) is 5.32 Å². The number of amides is 2. The van der Waals surface area contributed by atoms with Gasteiger partial charge in [0.15, 0.2) is 0 Å². The maximum atomic E-state index is 13.3. The van der Waals surface area contributed by atoms with Gasteiger partial charge in [-0.25, -0.2) is 4.39 Å². The van der Waals surface area contributed by atoms with Crippen molar-refractivity contribution < 1.29 is 14.0 Å². The van der Waals surface area contributed by atoms with E-state index in [4.69, 9.17) is 0 Å². The zero-order valence-electron chi connectivity index (χ0n) is 7.87. The largest absolute Gasteiger partial charge is 0.326 e. The molecule has 0 aliphatic carbocycles. The smallest absolute Gasteiger partial charge is 0.228 e. The normalized spacial score (nSPS) is 14.7. The number of carbonyl (C=O) groups is 2. The highest BCUT2D eigenvalue weighted by Crippen LogP contribution is 2.25. The molecule has 2 amide bonds. The van der Waals surface area contributed by atoms with Gasteiger partial charge in [0.05, 0.1) is 5.69 Å². The molecule has 1 saturated heterocycles. The fourth-order valence-electron chi connectivity index (χ4n) is 1.44. The summed E-state index contributed by atoms with van der Waals surface area (Å²) in [7, 11) is 0. The van der Waals surface area contributed by atoms with E-state index in [1.54, 1.807) is 6.07 Å². The summed E-state index contributed by atoms with van der Waals surface area (Å²) in [5.41, 5.74) is 0.641. The first-order valence-electron chi connectivity index (χ1n) is 4.52. The number of benzene rings is 1. The third-order valence-electron chi connectivity index (χ3n) is 2.33. The van der Waals surface area contributed by atoms with Gasteiger partial charge in [0.1, 0.15) is 5.82 Å². The van der Waals surface area contributed by atoms with Gasteiger partial charge in [0.2, 0.25) is 12.3 Å². The fraction of sp³-hybridized carbons (Fsp3) is 0.200. The minimum atomic E-state index is -0.542. The minimum Gasteiger partial charge on any atom is -0.326 e. The molecule has 1 N–H and O–H groups in total. The first kappa shape index (κ1) is 9.64. The summed E-state index contributed by atoms with van der Waals surface area (Å²) in [6, 6.07) is 4.28. The molecule has 0 radical (unpaired) electrons. The van der Waals surface area contributed by atoms with Crippen LogP contribution in [0.3, 0.4) is 0 Å². The van der Waals surface area contributed by atoms with Gasteiger partial charge in [-0.15, -0.1) is 0 Å². The van der Waals surface area contributed by atoms with E-state index in [1.165, 1.54) is 17.0 Å². The number of carbonyl (C=O) groups excluding carboxylic acids is 2. The van der Waals surface area contributed by atoms with Crippen LogP contribution in [0.1, 0.15) is 6.42 Å². The van der Waals surface area contributed by atoms with Crippen molar-refractivity contribution in [3.63, 3.8) is 0 Å². The molecule has 78 valence electrons. The molecule has 0 spiro atoms. The molecule has 0 bridgehead atoms. The highest BCUT2D eigenvalue weighted by atomic mass is 19.1. The van der Waals surface area contributed by atoms with Gasteiger partial charge in [-0.1, -0.05) is 0 Å². The van der Waals surface area contributed by atoms with Crippen LogP contribution in [0.5, 0.6) is 0 Å². The van der Waals surface area contributed by atoms with Crippen LogP contribution in [-0.2, 0) is 9.59 Å². The Labute approximate surface area is 85.7 Å². The van der Waals surface area contributed by atoms with E-state index >= 15 is 0 Å². The molecule has 4 nitrogen and oxygen atoms in total. The highest BCUT2D eigenvalue weighted by Gasteiger charge is 2.25. The van der Waals surface area contributed by atoms with Gasteiger partial charge in [-0.2, -0.15) is 0 Å². The Morgan fingerprint density at radius 2 is 2.27 bits per heavy atom. The van der Waals surface area contributed by atoms with Gasteiger partial charge in [-0.3, -0.25) is 9.59 Å². The van der Waals surface area contributed by atoms with Crippen molar-refractivity contribution in [2.45, 2.75) is 6.42 Å². The predicted octanol–water partition coefficient (Wildman–Crippen LogP) is 1.13. The second-order valence-corrected chi connectivity index (χ2v) is 3.22. The molecule has 1 fully saturated rings. The molecule has 0 atom stereocenters. The van der Waals surface area contributed by atoms with E-state index < -0.39 is 5.82 Å². The summed E-state index contributed by atoms with van der Waals surface area (Å²) in [6.07, 6.45) is 0.919. The Morgan fingerprint density at radius 3 is 2.73 bits per heavy atom. The van der Waals surface area contributed by atoms with Crippen molar-refractivity contribution >= 4 is 23.7 Å². The molecule has 2 rings (SSSR count). The molecule has 0 aromatic heterocycles. The van der Waals surface area contributed by atoms with E-state index in [9.17, 15) is 14.0 Å². The number of β-lactam (4-membered cyclic amide) rings is 1. The zero-order chi connectivity index (χ0) is 10.8. The van der Waals surface area contributed by atoms with E-state index in [1.807, 2.05) is 0 Å². The van der Waals surface area contributed by atoms with Crippen molar-refractivity contribution in [1.29, 1.82) is 0 Å². The number of nitrogens with zero attached hydrogens (tertiary/aromatic N) is 1. The van der Waals surface area contributed by atoms with Crippen molar-refractivity contribution in [3.05, 3.63) is 24.0 Å². The Hall–Kier alpha value is -1.91. The van der Waals surface area contributed by atoms with Crippen LogP contribution >= 0.6 is 0 Å². The van der Waals surface area contributed by atoms with Crippen LogP contribution in [0, 0.1) is 5.82 Å². The van der Waals surface area contributed by atoms with Crippen molar-refractivity contribution in [1.82, 2.24) is 0 Å². The van der Waals surface area contributed by atoms with E-state index in [0.29, 0.717) is 25.1 Å². The average molecular weight is 208 g/mol. The monoisotopic (exact) mass is 208 g/mol. The lowest BCUT2D eigenvalue weighted by atomic mass is 10.1. The van der Waals surface area contributed by atoms with Crippen molar-refractivity contribution in [3.8, 4) is 0 Å². The summed E-state index contributed by atoms with van der Waals surface area (Å²) in [5.74, 6) is -0.551. The average Bonchev–Trinajstić information content (AvgIpc) is 2.20. The molecular weight excluding hydrogens is 199 g/mol. The number of halogens is 1. The van der Waals surface area contributed by atoms with Gasteiger partial charge in [0, 0.05) is 18.7 Å². The molecular formula is C10H9FN2O2. The Balaban J connectivity index is 2.24. The second-order valence-electron chi connectivity index (χ2n) is 3.22. The molecule has 1 aliphatic rings. The summed E-state index contributed by atoms with van der Waals surface area (Å²) in [4.78, 5) is 22.7. The van der Waals surface area contributed by atoms with Gasteiger partial charge in [-0.05, 0) is 18.2 Å². The van der Waals surface area contributed by atoms with E-state index in [-0.39, 0.29) is 11.6 Å². The van der Waals surface area contributed by atoms with Crippen LogP contribution in [0.4, 0.5) is 15.8 Å². The number of hydrogen-bond acceptors (Lipinski definition) is 2. The first-order valence-corrected chi connectivity index (χ1v) is 4.52. The fourth-order valence-corrected chi connectivity index (χ4v) is 1.44. The Morgan fingerprint density at radius 1 is 1.47 bits per heavy atom. The topological polar surface area (TPSA) is 49.4 Å². The third kappa shape index (κ3) is 1.68. The van der Waals surface area contributed by atoms with E-state index in [0.717, 1.165) is 0 Å². The lowest BCUT2D eigenvalue weighted by Gasteiger charge is -2.30. The number of nitrogens with one attached hydrogen (secondary N) is 1. The molecule has 1 aromatic rings. The summed E-state index contributed by atoms with van der Waals surface area (Å²) >= 11 is 0. The zero-order valence-corrected chi connectivity index (χ0v) is 7.87. The van der Waals surface area contributed by atoms with Crippen molar-refractivity contribution in [2.75, 3.05) is 16.8 Å².